The number of thioether (sulfide) groups is 1. The van der Waals surface area contributed by atoms with E-state index in [9.17, 15) is 18.0 Å². The zero-order valence-electron chi connectivity index (χ0n) is 13.5. The Kier molecular flexibility index (Phi) is 5.71. The molecule has 0 saturated heterocycles. The Balaban J connectivity index is 1.75. The van der Waals surface area contributed by atoms with Crippen LogP contribution in [0.5, 0.6) is 0 Å². The minimum atomic E-state index is -4.65. The largest absolute Gasteiger partial charge is 0.463 e. The summed E-state index contributed by atoms with van der Waals surface area (Å²) in [5, 5.41) is 2.87. The Bertz CT molecular complexity index is 949. The number of rotatable bonds is 5. The van der Waals surface area contributed by atoms with Crippen LogP contribution in [0, 0.1) is 0 Å². The number of nitrogens with zero attached hydrogens (tertiary/aromatic N) is 2. The monoisotopic (exact) mass is 413 g/mol. The van der Waals surface area contributed by atoms with Crippen molar-refractivity contribution in [3.05, 3.63) is 59.4 Å². The third kappa shape index (κ3) is 5.24. The maximum Gasteiger partial charge on any atom is 0.433 e. The fourth-order valence-corrected chi connectivity index (χ4v) is 2.93. The van der Waals surface area contributed by atoms with Gasteiger partial charge in [0, 0.05) is 10.7 Å². The van der Waals surface area contributed by atoms with Crippen LogP contribution in [0.4, 0.5) is 18.9 Å². The summed E-state index contributed by atoms with van der Waals surface area (Å²) < 4.78 is 44.4. The van der Waals surface area contributed by atoms with E-state index in [1.165, 1.54) is 18.4 Å². The van der Waals surface area contributed by atoms with Gasteiger partial charge >= 0.3 is 6.18 Å². The van der Waals surface area contributed by atoms with Gasteiger partial charge in [0.1, 0.15) is 11.4 Å². The Labute approximate surface area is 161 Å². The summed E-state index contributed by atoms with van der Waals surface area (Å²) in [6.07, 6.45) is -3.32. The zero-order valence-corrected chi connectivity index (χ0v) is 15.0. The van der Waals surface area contributed by atoms with Crippen LogP contribution in [0.1, 0.15) is 5.69 Å². The normalized spacial score (nSPS) is 11.4. The van der Waals surface area contributed by atoms with Gasteiger partial charge in [-0.05, 0) is 36.4 Å². The molecule has 0 aliphatic rings. The molecule has 0 aliphatic carbocycles. The highest BCUT2D eigenvalue weighted by molar-refractivity contribution is 7.99. The van der Waals surface area contributed by atoms with Gasteiger partial charge in [0.05, 0.1) is 12.0 Å². The Morgan fingerprint density at radius 1 is 1.19 bits per heavy atom. The first-order chi connectivity index (χ1) is 12.8. The van der Waals surface area contributed by atoms with Gasteiger partial charge < -0.3 is 9.73 Å². The number of anilines is 1. The van der Waals surface area contributed by atoms with Gasteiger partial charge in [-0.3, -0.25) is 4.79 Å². The highest BCUT2D eigenvalue weighted by Gasteiger charge is 2.34. The number of hydrogen-bond donors (Lipinski definition) is 1. The van der Waals surface area contributed by atoms with Crippen molar-refractivity contribution in [1.29, 1.82) is 0 Å². The molecule has 2 heterocycles. The van der Waals surface area contributed by atoms with E-state index in [1.54, 1.807) is 24.3 Å². The van der Waals surface area contributed by atoms with Crippen molar-refractivity contribution in [3.8, 4) is 11.5 Å². The van der Waals surface area contributed by atoms with Gasteiger partial charge in [-0.1, -0.05) is 29.4 Å². The molecular formula is C17H11ClF3N3O2S. The van der Waals surface area contributed by atoms with Gasteiger partial charge in [-0.25, -0.2) is 9.97 Å². The number of alkyl halides is 3. The molecule has 0 spiro atoms. The zero-order chi connectivity index (χ0) is 19.4. The maximum absolute atomic E-state index is 13.1. The number of hydrogen-bond acceptors (Lipinski definition) is 5. The van der Waals surface area contributed by atoms with Gasteiger partial charge in [0.2, 0.25) is 5.91 Å². The number of halogens is 4. The number of nitrogens with one attached hydrogen (secondary N) is 1. The van der Waals surface area contributed by atoms with Gasteiger partial charge in [-0.2, -0.15) is 13.2 Å². The van der Waals surface area contributed by atoms with Crippen molar-refractivity contribution in [2.45, 2.75) is 11.3 Å². The van der Waals surface area contributed by atoms with Crippen molar-refractivity contribution in [2.75, 3.05) is 11.1 Å². The Morgan fingerprint density at radius 2 is 2.00 bits per heavy atom. The first kappa shape index (κ1) is 19.2. The van der Waals surface area contributed by atoms with E-state index in [1.807, 2.05) is 0 Å². The molecule has 140 valence electrons. The van der Waals surface area contributed by atoms with Crippen LogP contribution in [-0.2, 0) is 11.0 Å². The van der Waals surface area contributed by atoms with Crippen molar-refractivity contribution >= 4 is 35.0 Å². The molecule has 0 aliphatic heterocycles. The van der Waals surface area contributed by atoms with E-state index in [-0.39, 0.29) is 22.4 Å². The standard InChI is InChI=1S/C17H11ClF3N3O2S/c18-10-3-1-4-11(7-10)22-15(25)9-27-16-23-12(13-5-2-6-26-13)8-14(24-16)17(19,20)21/h1-8H,9H2,(H,22,25). The van der Waals surface area contributed by atoms with E-state index < -0.39 is 17.8 Å². The Morgan fingerprint density at radius 3 is 2.67 bits per heavy atom. The first-order valence-electron chi connectivity index (χ1n) is 7.49. The van der Waals surface area contributed by atoms with Crippen LogP contribution >= 0.6 is 23.4 Å². The molecule has 1 amide bonds. The number of aromatic nitrogens is 2. The number of amides is 1. The smallest absolute Gasteiger partial charge is 0.433 e. The second-order valence-electron chi connectivity index (χ2n) is 5.24. The van der Waals surface area contributed by atoms with Gasteiger partial charge in [0.15, 0.2) is 10.9 Å². The topological polar surface area (TPSA) is 68.0 Å². The highest BCUT2D eigenvalue weighted by atomic mass is 35.5. The fraction of sp³-hybridized carbons (Fsp3) is 0.118. The SMILES string of the molecule is O=C(CSc1nc(-c2ccco2)cc(C(F)(F)F)n1)Nc1cccc(Cl)c1. The molecule has 27 heavy (non-hydrogen) atoms. The predicted octanol–water partition coefficient (Wildman–Crippen LogP) is 5.14. The molecule has 2 aromatic heterocycles. The summed E-state index contributed by atoms with van der Waals surface area (Å²) in [7, 11) is 0. The molecule has 0 unspecified atom stereocenters. The number of benzene rings is 1. The maximum atomic E-state index is 13.1. The van der Waals surface area contributed by atoms with Crippen LogP contribution in [-0.4, -0.2) is 21.6 Å². The summed E-state index contributed by atoms with van der Waals surface area (Å²) in [6, 6.07) is 10.3. The average Bonchev–Trinajstić information content (AvgIpc) is 3.14. The number of carbonyl (C=O) groups is 1. The minimum Gasteiger partial charge on any atom is -0.463 e. The third-order valence-electron chi connectivity index (χ3n) is 3.21. The van der Waals surface area contributed by atoms with E-state index in [4.69, 9.17) is 16.0 Å². The predicted molar refractivity (Wildman–Crippen MR) is 95.5 cm³/mol. The lowest BCUT2D eigenvalue weighted by molar-refractivity contribution is -0.141. The van der Waals surface area contributed by atoms with Gasteiger partial charge in [-0.15, -0.1) is 0 Å². The lowest BCUT2D eigenvalue weighted by atomic mass is 10.2. The molecule has 0 saturated carbocycles. The molecule has 10 heteroatoms. The lowest BCUT2D eigenvalue weighted by Crippen LogP contribution is -2.15. The molecule has 1 aromatic carbocycles. The Hall–Kier alpha value is -2.52. The molecule has 0 bridgehead atoms. The van der Waals surface area contributed by atoms with E-state index >= 15 is 0 Å². The van der Waals surface area contributed by atoms with Crippen LogP contribution in [0.3, 0.4) is 0 Å². The summed E-state index contributed by atoms with van der Waals surface area (Å²) in [4.78, 5) is 19.6. The van der Waals surface area contributed by atoms with E-state index in [0.717, 1.165) is 17.8 Å². The molecule has 3 rings (SSSR count). The molecule has 0 atom stereocenters. The quantitative estimate of drug-likeness (QED) is 0.463. The third-order valence-corrected chi connectivity index (χ3v) is 4.29. The number of furan rings is 1. The van der Waals surface area contributed by atoms with E-state index in [0.29, 0.717) is 10.7 Å². The second-order valence-corrected chi connectivity index (χ2v) is 6.62. The van der Waals surface area contributed by atoms with Gasteiger partial charge in [0.25, 0.3) is 0 Å². The lowest BCUT2D eigenvalue weighted by Gasteiger charge is -2.09. The first-order valence-corrected chi connectivity index (χ1v) is 8.86. The van der Waals surface area contributed by atoms with Crippen molar-refractivity contribution < 1.29 is 22.4 Å². The summed E-state index contributed by atoms with van der Waals surface area (Å²) in [5.41, 5.74) is -0.643. The highest BCUT2D eigenvalue weighted by Crippen LogP contribution is 2.32. The molecule has 3 aromatic rings. The van der Waals surface area contributed by atoms with E-state index in [2.05, 4.69) is 15.3 Å². The van der Waals surface area contributed by atoms with Crippen LogP contribution in [0.2, 0.25) is 5.02 Å². The molecule has 0 fully saturated rings. The second kappa shape index (κ2) is 8.01. The minimum absolute atomic E-state index is 0.0138. The fourth-order valence-electron chi connectivity index (χ4n) is 2.08. The molecular weight excluding hydrogens is 403 g/mol. The molecule has 1 N–H and O–H groups in total. The number of carbonyl (C=O) groups excluding carboxylic acids is 1. The molecule has 5 nitrogen and oxygen atoms in total. The van der Waals surface area contributed by atoms with Crippen LogP contribution < -0.4 is 5.32 Å². The summed E-state index contributed by atoms with van der Waals surface area (Å²) >= 11 is 6.62. The van der Waals surface area contributed by atoms with Crippen LogP contribution in [0.25, 0.3) is 11.5 Å². The summed E-state index contributed by atoms with van der Waals surface area (Å²) in [6.45, 7) is 0. The van der Waals surface area contributed by atoms with Crippen LogP contribution in [0.15, 0.2) is 58.3 Å². The van der Waals surface area contributed by atoms with Crippen molar-refractivity contribution in [3.63, 3.8) is 0 Å². The van der Waals surface area contributed by atoms with Crippen molar-refractivity contribution in [1.82, 2.24) is 9.97 Å². The summed E-state index contributed by atoms with van der Waals surface area (Å²) in [5.74, 6) is -0.429. The van der Waals surface area contributed by atoms with Crippen molar-refractivity contribution in [2.24, 2.45) is 0 Å². The average molecular weight is 414 g/mol. The molecule has 0 radical (unpaired) electrons.